The summed E-state index contributed by atoms with van der Waals surface area (Å²) >= 11 is 3.41. The Bertz CT molecular complexity index is 316. The van der Waals surface area contributed by atoms with Gasteiger partial charge in [0, 0.05) is 24.1 Å². The number of nitrogens with zero attached hydrogens (tertiary/aromatic N) is 2. The van der Waals surface area contributed by atoms with E-state index in [4.69, 9.17) is 0 Å². The zero-order chi connectivity index (χ0) is 12.0. The minimum Gasteiger partial charge on any atom is -0.350 e. The average Bonchev–Trinajstić information content (AvgIpc) is 2.30. The van der Waals surface area contributed by atoms with Gasteiger partial charge in [0.25, 0.3) is 0 Å². The predicted octanol–water partition coefficient (Wildman–Crippen LogP) is 3.61. The number of alkyl halides is 1. The Labute approximate surface area is 105 Å². The van der Waals surface area contributed by atoms with E-state index >= 15 is 0 Å². The van der Waals surface area contributed by atoms with E-state index in [1.165, 1.54) is 6.07 Å². The van der Waals surface area contributed by atoms with E-state index in [1.54, 1.807) is 12.3 Å². The van der Waals surface area contributed by atoms with Gasteiger partial charge in [0.15, 0.2) is 11.6 Å². The van der Waals surface area contributed by atoms with Crippen LogP contribution in [-0.4, -0.2) is 22.9 Å². The molecule has 0 saturated carbocycles. The summed E-state index contributed by atoms with van der Waals surface area (Å²) in [5.41, 5.74) is 0. The molecule has 0 unspecified atom stereocenters. The van der Waals surface area contributed by atoms with Crippen LogP contribution in [0.2, 0.25) is 0 Å². The molecule has 16 heavy (non-hydrogen) atoms. The maximum absolute atomic E-state index is 13.7. The summed E-state index contributed by atoms with van der Waals surface area (Å²) in [5, 5.41) is 0.819. The summed E-state index contributed by atoms with van der Waals surface area (Å²) in [6.45, 7) is 5.02. The lowest BCUT2D eigenvalue weighted by Crippen LogP contribution is -2.37. The van der Waals surface area contributed by atoms with Crippen LogP contribution < -0.4 is 4.90 Å². The molecule has 0 atom stereocenters. The maximum Gasteiger partial charge on any atom is 0.165 e. The molecule has 0 aromatic carbocycles. The van der Waals surface area contributed by atoms with Crippen molar-refractivity contribution < 1.29 is 4.39 Å². The Morgan fingerprint density at radius 3 is 2.62 bits per heavy atom. The van der Waals surface area contributed by atoms with Gasteiger partial charge < -0.3 is 4.90 Å². The third-order valence-corrected chi connectivity index (χ3v) is 3.07. The first-order valence-corrected chi connectivity index (χ1v) is 6.79. The number of hydrogen-bond donors (Lipinski definition) is 0. The quantitative estimate of drug-likeness (QED) is 0.744. The molecule has 0 aliphatic heterocycles. The summed E-state index contributed by atoms with van der Waals surface area (Å²) in [6.07, 6.45) is 3.64. The van der Waals surface area contributed by atoms with Gasteiger partial charge in [-0.05, 0) is 25.0 Å². The first-order valence-electron chi connectivity index (χ1n) is 5.67. The standard InChI is InChI=1S/C12H18BrFN2/c1-3-10(4-2)16(9-7-13)12-11(14)6-5-8-15-12/h5-6,8,10H,3-4,7,9H2,1-2H3. The molecule has 0 aliphatic rings. The molecule has 1 rings (SSSR count). The van der Waals surface area contributed by atoms with Gasteiger partial charge in [-0.2, -0.15) is 0 Å². The molecule has 4 heteroatoms. The van der Waals surface area contributed by atoms with Gasteiger partial charge >= 0.3 is 0 Å². The van der Waals surface area contributed by atoms with Gasteiger partial charge in [-0.3, -0.25) is 0 Å². The fraction of sp³-hybridized carbons (Fsp3) is 0.583. The molecule has 0 amide bonds. The number of hydrogen-bond acceptors (Lipinski definition) is 2. The molecule has 0 saturated heterocycles. The fourth-order valence-corrected chi connectivity index (χ4v) is 2.25. The number of aromatic nitrogens is 1. The van der Waals surface area contributed by atoms with Crippen molar-refractivity contribution in [3.8, 4) is 0 Å². The minimum absolute atomic E-state index is 0.240. The number of halogens is 2. The van der Waals surface area contributed by atoms with Crippen molar-refractivity contribution in [2.75, 3.05) is 16.8 Å². The summed E-state index contributed by atoms with van der Waals surface area (Å²) in [4.78, 5) is 6.19. The van der Waals surface area contributed by atoms with Gasteiger partial charge in [-0.25, -0.2) is 9.37 Å². The number of pyridine rings is 1. The minimum atomic E-state index is -0.240. The van der Waals surface area contributed by atoms with Crippen LogP contribution in [-0.2, 0) is 0 Å². The molecule has 2 nitrogen and oxygen atoms in total. The van der Waals surface area contributed by atoms with Gasteiger partial charge in [-0.15, -0.1) is 0 Å². The molecule has 0 aliphatic carbocycles. The number of anilines is 1. The van der Waals surface area contributed by atoms with Gasteiger partial charge in [0.05, 0.1) is 0 Å². The zero-order valence-electron chi connectivity index (χ0n) is 9.79. The molecule has 1 aromatic rings. The zero-order valence-corrected chi connectivity index (χ0v) is 11.4. The van der Waals surface area contributed by atoms with E-state index < -0.39 is 0 Å². The topological polar surface area (TPSA) is 16.1 Å². The highest BCUT2D eigenvalue weighted by atomic mass is 79.9. The van der Waals surface area contributed by atoms with Crippen LogP contribution in [0.15, 0.2) is 18.3 Å². The Balaban J connectivity index is 2.97. The first kappa shape index (κ1) is 13.4. The molecule has 0 spiro atoms. The van der Waals surface area contributed by atoms with Crippen molar-refractivity contribution in [3.63, 3.8) is 0 Å². The summed E-state index contributed by atoms with van der Waals surface area (Å²) in [6, 6.07) is 3.44. The van der Waals surface area contributed by atoms with Crippen molar-refractivity contribution in [1.29, 1.82) is 0 Å². The molecule has 0 N–H and O–H groups in total. The lowest BCUT2D eigenvalue weighted by molar-refractivity contribution is 0.539. The fourth-order valence-electron chi connectivity index (χ4n) is 1.87. The normalized spacial score (nSPS) is 10.8. The second kappa shape index (κ2) is 6.84. The lowest BCUT2D eigenvalue weighted by atomic mass is 10.1. The summed E-state index contributed by atoms with van der Waals surface area (Å²) in [5.74, 6) is 0.228. The van der Waals surface area contributed by atoms with E-state index in [1.807, 2.05) is 4.90 Å². The van der Waals surface area contributed by atoms with Crippen molar-refractivity contribution in [3.05, 3.63) is 24.1 Å². The van der Waals surface area contributed by atoms with Crippen LogP contribution in [0.1, 0.15) is 26.7 Å². The Morgan fingerprint density at radius 2 is 2.12 bits per heavy atom. The molecule has 90 valence electrons. The van der Waals surface area contributed by atoms with E-state index in [2.05, 4.69) is 34.8 Å². The second-order valence-electron chi connectivity index (χ2n) is 3.66. The molecular weight excluding hydrogens is 271 g/mol. The molecule has 1 heterocycles. The van der Waals surface area contributed by atoms with Crippen LogP contribution in [0.25, 0.3) is 0 Å². The average molecular weight is 289 g/mol. The van der Waals surface area contributed by atoms with E-state index in [-0.39, 0.29) is 5.82 Å². The second-order valence-corrected chi connectivity index (χ2v) is 4.45. The van der Waals surface area contributed by atoms with Crippen LogP contribution in [0.5, 0.6) is 0 Å². The van der Waals surface area contributed by atoms with E-state index in [9.17, 15) is 4.39 Å². The molecule has 0 bridgehead atoms. The highest BCUT2D eigenvalue weighted by Gasteiger charge is 2.18. The highest BCUT2D eigenvalue weighted by Crippen LogP contribution is 2.21. The Morgan fingerprint density at radius 1 is 1.44 bits per heavy atom. The van der Waals surface area contributed by atoms with Gasteiger partial charge in [0.1, 0.15) is 0 Å². The lowest BCUT2D eigenvalue weighted by Gasteiger charge is -2.31. The molecule has 0 fully saturated rings. The van der Waals surface area contributed by atoms with Crippen molar-refractivity contribution in [2.45, 2.75) is 32.7 Å². The largest absolute Gasteiger partial charge is 0.350 e. The van der Waals surface area contributed by atoms with Crippen LogP contribution in [0.4, 0.5) is 10.2 Å². The SMILES string of the molecule is CCC(CC)N(CCBr)c1ncccc1F. The van der Waals surface area contributed by atoms with Crippen molar-refractivity contribution in [2.24, 2.45) is 0 Å². The van der Waals surface area contributed by atoms with Gasteiger partial charge in [0.2, 0.25) is 0 Å². The maximum atomic E-state index is 13.7. The third kappa shape index (κ3) is 3.17. The number of rotatable bonds is 6. The molecule has 0 radical (unpaired) electrons. The third-order valence-electron chi connectivity index (χ3n) is 2.72. The van der Waals surface area contributed by atoms with Crippen molar-refractivity contribution >= 4 is 21.7 Å². The van der Waals surface area contributed by atoms with E-state index in [0.29, 0.717) is 11.9 Å². The monoisotopic (exact) mass is 288 g/mol. The van der Waals surface area contributed by atoms with Crippen LogP contribution in [0, 0.1) is 5.82 Å². The Hall–Kier alpha value is -0.640. The van der Waals surface area contributed by atoms with Crippen molar-refractivity contribution in [1.82, 2.24) is 4.98 Å². The summed E-state index contributed by atoms with van der Waals surface area (Å²) < 4.78 is 13.7. The predicted molar refractivity (Wildman–Crippen MR) is 69.7 cm³/mol. The van der Waals surface area contributed by atoms with Crippen LogP contribution >= 0.6 is 15.9 Å². The van der Waals surface area contributed by atoms with Crippen LogP contribution in [0.3, 0.4) is 0 Å². The smallest absolute Gasteiger partial charge is 0.165 e. The Kier molecular flexibility index (Phi) is 5.74. The molecular formula is C12H18BrFN2. The highest BCUT2D eigenvalue weighted by molar-refractivity contribution is 9.09. The first-order chi connectivity index (χ1) is 7.74. The summed E-state index contributed by atoms with van der Waals surface area (Å²) in [7, 11) is 0. The molecule has 1 aromatic heterocycles. The van der Waals surface area contributed by atoms with E-state index in [0.717, 1.165) is 24.7 Å². The van der Waals surface area contributed by atoms with Gasteiger partial charge in [-0.1, -0.05) is 29.8 Å².